The molecular weight excluding hydrogens is 381 g/mol. The highest BCUT2D eigenvalue weighted by atomic mass is 19.1. The molecule has 0 atom stereocenters. The minimum atomic E-state index is -0.228. The lowest BCUT2D eigenvalue weighted by molar-refractivity contribution is -0.117. The fourth-order valence-corrected chi connectivity index (χ4v) is 3.45. The number of carbonyl (C=O) groups is 1. The van der Waals surface area contributed by atoms with Crippen molar-refractivity contribution in [2.75, 3.05) is 42.9 Å². The standard InChI is InChI=1S/C24H24FN3O2/c25-19-6-10-21(11-7-19)28-16-14-27(15-17-28)18-24(29)26-20-8-12-23(13-9-20)30-22-4-2-1-3-5-22/h1-13H,14-18H2,(H,26,29). The smallest absolute Gasteiger partial charge is 0.238 e. The third-order valence-corrected chi connectivity index (χ3v) is 5.05. The molecule has 154 valence electrons. The maximum absolute atomic E-state index is 13.1. The maximum Gasteiger partial charge on any atom is 0.238 e. The molecule has 0 bridgehead atoms. The lowest BCUT2D eigenvalue weighted by atomic mass is 10.2. The van der Waals surface area contributed by atoms with Gasteiger partial charge in [0.15, 0.2) is 0 Å². The number of piperazine rings is 1. The molecule has 30 heavy (non-hydrogen) atoms. The Morgan fingerprint density at radius 3 is 2.13 bits per heavy atom. The van der Waals surface area contributed by atoms with E-state index in [1.807, 2.05) is 54.6 Å². The predicted molar refractivity (Wildman–Crippen MR) is 117 cm³/mol. The Labute approximate surface area is 175 Å². The molecule has 0 aliphatic carbocycles. The van der Waals surface area contributed by atoms with Gasteiger partial charge >= 0.3 is 0 Å². The minimum absolute atomic E-state index is 0.0399. The van der Waals surface area contributed by atoms with Crippen molar-refractivity contribution in [2.45, 2.75) is 0 Å². The van der Waals surface area contributed by atoms with E-state index in [1.54, 1.807) is 12.1 Å². The summed E-state index contributed by atoms with van der Waals surface area (Å²) in [6.45, 7) is 3.54. The van der Waals surface area contributed by atoms with Crippen LogP contribution in [0.2, 0.25) is 0 Å². The molecule has 0 aromatic heterocycles. The number of nitrogens with zero attached hydrogens (tertiary/aromatic N) is 2. The molecule has 1 aliphatic rings. The zero-order valence-electron chi connectivity index (χ0n) is 16.6. The van der Waals surface area contributed by atoms with E-state index in [4.69, 9.17) is 4.74 Å². The van der Waals surface area contributed by atoms with Gasteiger partial charge in [0.1, 0.15) is 17.3 Å². The fourth-order valence-electron chi connectivity index (χ4n) is 3.45. The van der Waals surface area contributed by atoms with E-state index in [-0.39, 0.29) is 11.7 Å². The molecule has 1 saturated heterocycles. The highest BCUT2D eigenvalue weighted by Crippen LogP contribution is 2.22. The largest absolute Gasteiger partial charge is 0.457 e. The molecule has 1 amide bonds. The van der Waals surface area contributed by atoms with E-state index in [2.05, 4.69) is 15.1 Å². The first-order valence-corrected chi connectivity index (χ1v) is 10.0. The number of nitrogens with one attached hydrogen (secondary N) is 1. The number of amides is 1. The van der Waals surface area contributed by atoms with Gasteiger partial charge in [0, 0.05) is 37.6 Å². The van der Waals surface area contributed by atoms with Crippen LogP contribution in [0.3, 0.4) is 0 Å². The molecule has 0 saturated carbocycles. The number of rotatable bonds is 6. The van der Waals surface area contributed by atoms with Crippen LogP contribution < -0.4 is 15.0 Å². The van der Waals surface area contributed by atoms with Crippen molar-refractivity contribution < 1.29 is 13.9 Å². The van der Waals surface area contributed by atoms with Gasteiger partial charge in [-0.25, -0.2) is 4.39 Å². The van der Waals surface area contributed by atoms with E-state index >= 15 is 0 Å². The Morgan fingerprint density at radius 1 is 0.833 bits per heavy atom. The quantitative estimate of drug-likeness (QED) is 0.661. The molecule has 5 nitrogen and oxygen atoms in total. The Morgan fingerprint density at radius 2 is 1.47 bits per heavy atom. The predicted octanol–water partition coefficient (Wildman–Crippen LogP) is 4.38. The molecule has 1 N–H and O–H groups in total. The molecule has 1 aliphatic heterocycles. The number of hydrogen-bond acceptors (Lipinski definition) is 4. The van der Waals surface area contributed by atoms with Crippen LogP contribution in [-0.4, -0.2) is 43.5 Å². The van der Waals surface area contributed by atoms with Crippen molar-refractivity contribution in [1.82, 2.24) is 4.90 Å². The van der Waals surface area contributed by atoms with Crippen molar-refractivity contribution in [3.8, 4) is 11.5 Å². The first-order valence-electron chi connectivity index (χ1n) is 10.0. The molecule has 0 spiro atoms. The summed E-state index contributed by atoms with van der Waals surface area (Å²) in [7, 11) is 0. The van der Waals surface area contributed by atoms with Gasteiger partial charge in [0.05, 0.1) is 6.54 Å². The summed E-state index contributed by atoms with van der Waals surface area (Å²) >= 11 is 0. The third kappa shape index (κ3) is 5.36. The summed E-state index contributed by atoms with van der Waals surface area (Å²) in [6.07, 6.45) is 0. The Balaban J connectivity index is 1.23. The summed E-state index contributed by atoms with van der Waals surface area (Å²) in [4.78, 5) is 16.7. The molecule has 4 rings (SSSR count). The minimum Gasteiger partial charge on any atom is -0.457 e. The van der Waals surface area contributed by atoms with Crippen molar-refractivity contribution in [3.05, 3.63) is 84.7 Å². The molecular formula is C24H24FN3O2. The fraction of sp³-hybridized carbons (Fsp3) is 0.208. The van der Waals surface area contributed by atoms with Crippen LogP contribution in [0.5, 0.6) is 11.5 Å². The van der Waals surface area contributed by atoms with Gasteiger partial charge in [0.25, 0.3) is 0 Å². The van der Waals surface area contributed by atoms with Crippen LogP contribution in [-0.2, 0) is 4.79 Å². The SMILES string of the molecule is O=C(CN1CCN(c2ccc(F)cc2)CC1)Nc1ccc(Oc2ccccc2)cc1. The van der Waals surface area contributed by atoms with Crippen LogP contribution in [0.15, 0.2) is 78.9 Å². The molecule has 3 aromatic rings. The van der Waals surface area contributed by atoms with Crippen molar-refractivity contribution in [2.24, 2.45) is 0 Å². The van der Waals surface area contributed by atoms with Gasteiger partial charge in [-0.3, -0.25) is 9.69 Å². The molecule has 1 heterocycles. The van der Waals surface area contributed by atoms with E-state index in [9.17, 15) is 9.18 Å². The topological polar surface area (TPSA) is 44.8 Å². The maximum atomic E-state index is 13.1. The Kier molecular flexibility index (Phi) is 6.25. The summed E-state index contributed by atoms with van der Waals surface area (Å²) < 4.78 is 18.8. The number of carbonyl (C=O) groups excluding carboxylic acids is 1. The zero-order chi connectivity index (χ0) is 20.8. The molecule has 3 aromatic carbocycles. The second-order valence-electron chi connectivity index (χ2n) is 7.23. The van der Waals surface area contributed by atoms with Crippen molar-refractivity contribution >= 4 is 17.3 Å². The van der Waals surface area contributed by atoms with Gasteiger partial charge in [-0.2, -0.15) is 0 Å². The third-order valence-electron chi connectivity index (χ3n) is 5.05. The van der Waals surface area contributed by atoms with Crippen LogP contribution in [0, 0.1) is 5.82 Å². The molecule has 0 radical (unpaired) electrons. The number of hydrogen-bond donors (Lipinski definition) is 1. The number of anilines is 2. The highest BCUT2D eigenvalue weighted by Gasteiger charge is 2.19. The van der Waals surface area contributed by atoms with Gasteiger partial charge in [-0.15, -0.1) is 0 Å². The highest BCUT2D eigenvalue weighted by molar-refractivity contribution is 5.92. The van der Waals surface area contributed by atoms with Gasteiger partial charge < -0.3 is 15.0 Å². The second kappa shape index (κ2) is 9.41. The lowest BCUT2D eigenvalue weighted by Crippen LogP contribution is -2.48. The number of para-hydroxylation sites is 1. The summed E-state index contributed by atoms with van der Waals surface area (Å²) in [5, 5.41) is 2.94. The average molecular weight is 405 g/mol. The summed E-state index contributed by atoms with van der Waals surface area (Å²) in [6, 6.07) is 23.5. The monoisotopic (exact) mass is 405 g/mol. The van der Waals surface area contributed by atoms with E-state index in [0.29, 0.717) is 6.54 Å². The second-order valence-corrected chi connectivity index (χ2v) is 7.23. The van der Waals surface area contributed by atoms with E-state index in [1.165, 1.54) is 12.1 Å². The number of halogens is 1. The van der Waals surface area contributed by atoms with Crippen LogP contribution >= 0.6 is 0 Å². The van der Waals surface area contributed by atoms with Crippen LogP contribution in [0.1, 0.15) is 0 Å². The van der Waals surface area contributed by atoms with Crippen LogP contribution in [0.25, 0.3) is 0 Å². The molecule has 6 heteroatoms. The van der Waals surface area contributed by atoms with Crippen molar-refractivity contribution in [1.29, 1.82) is 0 Å². The molecule has 0 unspecified atom stereocenters. The van der Waals surface area contributed by atoms with Gasteiger partial charge in [-0.05, 0) is 60.7 Å². The van der Waals surface area contributed by atoms with Gasteiger partial charge in [0.2, 0.25) is 5.91 Å². The van der Waals surface area contributed by atoms with Gasteiger partial charge in [-0.1, -0.05) is 18.2 Å². The first-order chi connectivity index (χ1) is 14.7. The first kappa shape index (κ1) is 19.9. The van der Waals surface area contributed by atoms with Crippen molar-refractivity contribution in [3.63, 3.8) is 0 Å². The summed E-state index contributed by atoms with van der Waals surface area (Å²) in [5.41, 5.74) is 1.75. The Hall–Kier alpha value is -3.38. The number of ether oxygens (including phenoxy) is 1. The van der Waals surface area contributed by atoms with Crippen LogP contribution in [0.4, 0.5) is 15.8 Å². The number of benzene rings is 3. The lowest BCUT2D eigenvalue weighted by Gasteiger charge is -2.35. The normalized spacial score (nSPS) is 14.4. The Bertz CT molecular complexity index is 954. The van der Waals surface area contributed by atoms with E-state index in [0.717, 1.165) is 49.1 Å². The average Bonchev–Trinajstić information content (AvgIpc) is 2.77. The van der Waals surface area contributed by atoms with E-state index < -0.39 is 0 Å². The molecule has 1 fully saturated rings. The zero-order valence-corrected chi connectivity index (χ0v) is 16.6. The summed E-state index contributed by atoms with van der Waals surface area (Å²) in [5.74, 6) is 1.22.